The highest BCUT2D eigenvalue weighted by Gasteiger charge is 2.22. The summed E-state index contributed by atoms with van der Waals surface area (Å²) in [5.74, 6) is 0.583. The lowest BCUT2D eigenvalue weighted by atomic mass is 9.85. The lowest BCUT2D eigenvalue weighted by Crippen LogP contribution is -2.30. The smallest absolute Gasteiger partial charge is 0.0927 e. The fourth-order valence-corrected chi connectivity index (χ4v) is 3.31. The van der Waals surface area contributed by atoms with Gasteiger partial charge >= 0.3 is 0 Å². The SMILES string of the molecule is O=S=C1CC(Br)=CC=C1C1CCNCC1. The molecule has 1 aliphatic heterocycles. The highest BCUT2D eigenvalue weighted by molar-refractivity contribution is 9.11. The zero-order valence-electron chi connectivity index (χ0n) is 8.46. The molecule has 1 saturated heterocycles. The van der Waals surface area contributed by atoms with Crippen LogP contribution in [0.4, 0.5) is 0 Å². The van der Waals surface area contributed by atoms with E-state index in [1.165, 1.54) is 5.57 Å². The van der Waals surface area contributed by atoms with Gasteiger partial charge in [-0.2, -0.15) is 0 Å². The second-order valence-electron chi connectivity index (χ2n) is 3.94. The van der Waals surface area contributed by atoms with E-state index in [9.17, 15) is 4.21 Å². The molecule has 0 aromatic carbocycles. The highest BCUT2D eigenvalue weighted by atomic mass is 79.9. The summed E-state index contributed by atoms with van der Waals surface area (Å²) in [6.45, 7) is 2.15. The zero-order chi connectivity index (χ0) is 10.7. The largest absolute Gasteiger partial charge is 0.317 e. The van der Waals surface area contributed by atoms with E-state index in [2.05, 4.69) is 33.4 Å². The lowest BCUT2D eigenvalue weighted by Gasteiger charge is -2.26. The minimum atomic E-state index is 0.583. The Bertz CT molecular complexity index is 363. The van der Waals surface area contributed by atoms with Crippen LogP contribution in [0.5, 0.6) is 0 Å². The summed E-state index contributed by atoms with van der Waals surface area (Å²) >= 11 is 4.11. The maximum absolute atomic E-state index is 11.1. The first-order valence-corrected chi connectivity index (χ1v) is 6.77. The minimum Gasteiger partial charge on any atom is -0.317 e. The standard InChI is InChI=1S/C11H14BrNOS/c12-9-1-2-10(11(7-9)15-14)8-3-5-13-6-4-8/h1-2,8,13H,3-7H2. The fraction of sp³-hybridized carbons (Fsp3) is 0.545. The van der Waals surface area contributed by atoms with Gasteiger partial charge in [0.1, 0.15) is 0 Å². The van der Waals surface area contributed by atoms with E-state index in [0.717, 1.165) is 41.7 Å². The van der Waals surface area contributed by atoms with Gasteiger partial charge in [-0.1, -0.05) is 28.1 Å². The predicted molar refractivity (Wildman–Crippen MR) is 68.5 cm³/mol. The maximum Gasteiger partial charge on any atom is 0.0927 e. The van der Waals surface area contributed by atoms with Crippen molar-refractivity contribution in [3.8, 4) is 0 Å². The van der Waals surface area contributed by atoms with Gasteiger partial charge in [-0.05, 0) is 37.4 Å². The Balaban J connectivity index is 2.21. The molecule has 0 amide bonds. The number of allylic oxidation sites excluding steroid dienone is 4. The van der Waals surface area contributed by atoms with Crippen LogP contribution in [0, 0.1) is 5.92 Å². The van der Waals surface area contributed by atoms with Gasteiger partial charge in [0.25, 0.3) is 0 Å². The van der Waals surface area contributed by atoms with Gasteiger partial charge in [0, 0.05) is 10.9 Å². The molecular weight excluding hydrogens is 274 g/mol. The first-order valence-electron chi connectivity index (χ1n) is 5.24. The third-order valence-electron chi connectivity index (χ3n) is 2.97. The van der Waals surface area contributed by atoms with Crippen LogP contribution in [0.3, 0.4) is 0 Å². The number of piperidine rings is 1. The number of halogens is 1. The van der Waals surface area contributed by atoms with E-state index in [0.29, 0.717) is 17.2 Å². The number of rotatable bonds is 1. The molecule has 15 heavy (non-hydrogen) atoms. The van der Waals surface area contributed by atoms with Crippen LogP contribution in [0.25, 0.3) is 0 Å². The second-order valence-corrected chi connectivity index (χ2v) is 5.62. The molecule has 4 heteroatoms. The third kappa shape index (κ3) is 2.68. The molecular formula is C11H14BrNOS. The van der Waals surface area contributed by atoms with Crippen molar-refractivity contribution in [2.75, 3.05) is 13.1 Å². The summed E-state index contributed by atoms with van der Waals surface area (Å²) in [5, 5.41) is 3.35. The van der Waals surface area contributed by atoms with E-state index in [4.69, 9.17) is 0 Å². The molecule has 0 atom stereocenters. The molecule has 2 rings (SSSR count). The van der Waals surface area contributed by atoms with Crippen LogP contribution in [-0.4, -0.2) is 22.2 Å². The average Bonchev–Trinajstić information content (AvgIpc) is 2.30. The topological polar surface area (TPSA) is 29.1 Å². The summed E-state index contributed by atoms with van der Waals surface area (Å²) < 4.78 is 12.2. The van der Waals surface area contributed by atoms with Gasteiger partial charge in [0.15, 0.2) is 0 Å². The van der Waals surface area contributed by atoms with E-state index in [1.54, 1.807) is 0 Å². The van der Waals surface area contributed by atoms with Crippen LogP contribution in [0.1, 0.15) is 19.3 Å². The van der Waals surface area contributed by atoms with E-state index in [1.807, 2.05) is 0 Å². The third-order valence-corrected chi connectivity index (χ3v) is 4.10. The lowest BCUT2D eigenvalue weighted by molar-refractivity contribution is 0.428. The summed E-state index contributed by atoms with van der Waals surface area (Å²) in [6.07, 6.45) is 7.29. The van der Waals surface area contributed by atoms with Crippen molar-refractivity contribution in [1.29, 1.82) is 0 Å². The molecule has 0 radical (unpaired) electrons. The van der Waals surface area contributed by atoms with E-state index < -0.39 is 0 Å². The second kappa shape index (κ2) is 5.23. The van der Waals surface area contributed by atoms with Crippen molar-refractivity contribution in [3.63, 3.8) is 0 Å². The summed E-state index contributed by atoms with van der Waals surface area (Å²) in [5.41, 5.74) is 1.28. The van der Waals surface area contributed by atoms with E-state index >= 15 is 0 Å². The van der Waals surface area contributed by atoms with Crippen LogP contribution in [0.2, 0.25) is 0 Å². The molecule has 0 spiro atoms. The molecule has 2 nitrogen and oxygen atoms in total. The number of nitrogens with one attached hydrogen (secondary N) is 1. The molecule has 0 bridgehead atoms. The van der Waals surface area contributed by atoms with Crippen molar-refractivity contribution in [1.82, 2.24) is 5.32 Å². The van der Waals surface area contributed by atoms with Crippen molar-refractivity contribution in [2.45, 2.75) is 19.3 Å². The number of hydrogen-bond acceptors (Lipinski definition) is 2. The molecule has 2 aliphatic rings. The quantitative estimate of drug-likeness (QED) is 0.748. The predicted octanol–water partition coefficient (Wildman–Crippen LogP) is 1.98. The van der Waals surface area contributed by atoms with Crippen LogP contribution < -0.4 is 5.32 Å². The monoisotopic (exact) mass is 287 g/mol. The molecule has 0 aromatic heterocycles. The van der Waals surface area contributed by atoms with Gasteiger partial charge in [-0.25, -0.2) is 4.21 Å². The summed E-state index contributed by atoms with van der Waals surface area (Å²) in [4.78, 5) is 0.997. The van der Waals surface area contributed by atoms with Gasteiger partial charge in [-0.15, -0.1) is 0 Å². The molecule has 1 fully saturated rings. The van der Waals surface area contributed by atoms with Gasteiger partial charge < -0.3 is 5.32 Å². The van der Waals surface area contributed by atoms with Crippen molar-refractivity contribution < 1.29 is 4.21 Å². The molecule has 0 aromatic rings. The van der Waals surface area contributed by atoms with Crippen LogP contribution >= 0.6 is 15.9 Å². The molecule has 0 unspecified atom stereocenters. The Morgan fingerprint density at radius 1 is 1.33 bits per heavy atom. The fourth-order valence-electron chi connectivity index (χ4n) is 2.16. The molecule has 1 N–H and O–H groups in total. The normalized spacial score (nSPS) is 23.4. The zero-order valence-corrected chi connectivity index (χ0v) is 10.9. The average molecular weight is 288 g/mol. The molecule has 1 heterocycles. The summed E-state index contributed by atoms with van der Waals surface area (Å²) in [6, 6.07) is 0. The van der Waals surface area contributed by atoms with Gasteiger partial charge in [0.2, 0.25) is 0 Å². The number of hydrogen-bond donors (Lipinski definition) is 1. The summed E-state index contributed by atoms with van der Waals surface area (Å²) in [7, 11) is 0. The Hall–Kier alpha value is -0.190. The maximum atomic E-state index is 11.1. The first kappa shape index (κ1) is 11.3. The molecule has 0 saturated carbocycles. The van der Waals surface area contributed by atoms with Crippen LogP contribution in [0.15, 0.2) is 22.2 Å². The molecule has 1 aliphatic carbocycles. The van der Waals surface area contributed by atoms with Gasteiger partial charge in [0.05, 0.1) is 16.1 Å². The van der Waals surface area contributed by atoms with Crippen molar-refractivity contribution in [3.05, 3.63) is 22.2 Å². The van der Waals surface area contributed by atoms with Crippen LogP contribution in [-0.2, 0) is 11.3 Å². The molecule has 82 valence electrons. The Kier molecular flexibility index (Phi) is 3.94. The van der Waals surface area contributed by atoms with Crippen molar-refractivity contribution >= 4 is 32.1 Å². The Morgan fingerprint density at radius 3 is 2.73 bits per heavy atom. The van der Waals surface area contributed by atoms with E-state index in [-0.39, 0.29) is 0 Å². The Morgan fingerprint density at radius 2 is 2.07 bits per heavy atom. The minimum absolute atomic E-state index is 0.583. The van der Waals surface area contributed by atoms with Gasteiger partial charge in [-0.3, -0.25) is 0 Å². The van der Waals surface area contributed by atoms with Crippen molar-refractivity contribution in [2.24, 2.45) is 5.92 Å². The Labute approximate surface area is 102 Å². The first-order chi connectivity index (χ1) is 7.31. The highest BCUT2D eigenvalue weighted by Crippen LogP contribution is 2.29.